The van der Waals surface area contributed by atoms with Gasteiger partial charge in [0.2, 0.25) is 0 Å². The maximum atomic E-state index is 13.9. The van der Waals surface area contributed by atoms with E-state index in [-0.39, 0.29) is 0 Å². The molecule has 0 amide bonds. The molecule has 0 unspecified atom stereocenters. The average molecular weight is 325 g/mol. The molecular formula is C17H28FN3S. The van der Waals surface area contributed by atoms with Crippen LogP contribution in [0.15, 0.2) is 17.5 Å². The molecule has 2 aliphatic heterocycles. The molecule has 2 fully saturated rings. The molecule has 0 spiro atoms. The van der Waals surface area contributed by atoms with E-state index in [2.05, 4.69) is 39.7 Å². The number of nitrogens with one attached hydrogen (secondary N) is 1. The molecule has 3 heterocycles. The van der Waals surface area contributed by atoms with Crippen molar-refractivity contribution < 1.29 is 4.39 Å². The minimum absolute atomic E-state index is 0.365. The molecule has 3 nitrogen and oxygen atoms in total. The van der Waals surface area contributed by atoms with Gasteiger partial charge in [-0.25, -0.2) is 4.39 Å². The number of halogens is 1. The van der Waals surface area contributed by atoms with Crippen LogP contribution in [-0.2, 0) is 6.54 Å². The van der Waals surface area contributed by atoms with E-state index in [1.807, 2.05) is 0 Å². The summed E-state index contributed by atoms with van der Waals surface area (Å²) in [5.74, 6) is 0.805. The third-order valence-corrected chi connectivity index (χ3v) is 5.83. The molecule has 5 heteroatoms. The van der Waals surface area contributed by atoms with Crippen molar-refractivity contribution in [1.29, 1.82) is 0 Å². The molecule has 1 aromatic heterocycles. The molecule has 1 aromatic rings. The molecule has 0 aliphatic carbocycles. The largest absolute Gasteiger partial charge is 0.317 e. The molecule has 3 rings (SSSR count). The minimum Gasteiger partial charge on any atom is -0.317 e. The number of hydrogen-bond acceptors (Lipinski definition) is 4. The number of nitrogens with zero attached hydrogens (tertiary/aromatic N) is 2. The minimum atomic E-state index is -0.655. The molecule has 2 aliphatic rings. The standard InChI is InChI=1S/C17H28FN3S/c1-20(10-14-4-6-19-7-5-14)12-16-9-15(18)11-21(16)13-17-3-2-8-22-17/h2-3,8,14-16,19H,4-7,9-13H2,1H3/t15-,16-/m0/s1. The molecule has 22 heavy (non-hydrogen) atoms. The van der Waals surface area contributed by atoms with E-state index in [1.54, 1.807) is 11.3 Å². The van der Waals surface area contributed by atoms with Gasteiger partial charge in [-0.1, -0.05) is 6.07 Å². The number of piperidine rings is 1. The van der Waals surface area contributed by atoms with E-state index in [4.69, 9.17) is 0 Å². The summed E-state index contributed by atoms with van der Waals surface area (Å²) < 4.78 is 13.9. The maximum absolute atomic E-state index is 13.9. The quantitative estimate of drug-likeness (QED) is 0.867. The van der Waals surface area contributed by atoms with E-state index in [0.717, 1.165) is 38.6 Å². The van der Waals surface area contributed by atoms with Gasteiger partial charge in [0, 0.05) is 37.1 Å². The third-order valence-electron chi connectivity index (χ3n) is 4.97. The van der Waals surface area contributed by atoms with Crippen LogP contribution in [0.5, 0.6) is 0 Å². The van der Waals surface area contributed by atoms with E-state index >= 15 is 0 Å². The van der Waals surface area contributed by atoms with Crippen molar-refractivity contribution in [3.8, 4) is 0 Å². The van der Waals surface area contributed by atoms with Crippen LogP contribution in [0, 0.1) is 5.92 Å². The first-order chi connectivity index (χ1) is 10.7. The van der Waals surface area contributed by atoms with E-state index < -0.39 is 6.17 Å². The van der Waals surface area contributed by atoms with Gasteiger partial charge in [0.1, 0.15) is 6.17 Å². The summed E-state index contributed by atoms with van der Waals surface area (Å²) in [5.41, 5.74) is 0. The Morgan fingerprint density at radius 2 is 2.18 bits per heavy atom. The zero-order chi connectivity index (χ0) is 15.4. The lowest BCUT2D eigenvalue weighted by atomic mass is 9.97. The summed E-state index contributed by atoms with van der Waals surface area (Å²) in [6.45, 7) is 5.96. The van der Waals surface area contributed by atoms with Gasteiger partial charge < -0.3 is 10.2 Å². The van der Waals surface area contributed by atoms with Gasteiger partial charge in [-0.2, -0.15) is 0 Å². The second-order valence-corrected chi connectivity index (χ2v) is 7.94. The highest BCUT2D eigenvalue weighted by atomic mass is 32.1. The molecule has 124 valence electrons. The van der Waals surface area contributed by atoms with Crippen LogP contribution >= 0.6 is 11.3 Å². The van der Waals surface area contributed by atoms with Crippen molar-refractivity contribution in [2.24, 2.45) is 5.92 Å². The third kappa shape index (κ3) is 4.51. The molecular weight excluding hydrogens is 297 g/mol. The van der Waals surface area contributed by atoms with Crippen LogP contribution in [0.3, 0.4) is 0 Å². The van der Waals surface area contributed by atoms with Gasteiger partial charge in [-0.15, -0.1) is 11.3 Å². The number of rotatable bonds is 6. The van der Waals surface area contributed by atoms with Crippen LogP contribution in [0.1, 0.15) is 24.1 Å². The fourth-order valence-electron chi connectivity index (χ4n) is 3.85. The van der Waals surface area contributed by atoms with Gasteiger partial charge in [-0.05, 0) is 56.8 Å². The summed E-state index contributed by atoms with van der Waals surface area (Å²) in [7, 11) is 2.21. The molecule has 2 saturated heterocycles. The Labute approximate surface area is 137 Å². The van der Waals surface area contributed by atoms with E-state index in [0.29, 0.717) is 19.0 Å². The molecule has 2 atom stereocenters. The highest BCUT2D eigenvalue weighted by molar-refractivity contribution is 7.09. The lowest BCUT2D eigenvalue weighted by Gasteiger charge is -2.31. The molecule has 0 radical (unpaired) electrons. The van der Waals surface area contributed by atoms with Crippen LogP contribution in [0.4, 0.5) is 4.39 Å². The zero-order valence-corrected chi connectivity index (χ0v) is 14.3. The fraction of sp³-hybridized carbons (Fsp3) is 0.765. The van der Waals surface area contributed by atoms with Crippen LogP contribution in [-0.4, -0.2) is 61.8 Å². The average Bonchev–Trinajstić information content (AvgIpc) is 3.11. The lowest BCUT2D eigenvalue weighted by molar-refractivity contribution is 0.164. The second-order valence-electron chi connectivity index (χ2n) is 6.91. The summed E-state index contributed by atoms with van der Waals surface area (Å²) in [6, 6.07) is 4.61. The second kappa shape index (κ2) is 7.86. The number of alkyl halides is 1. The van der Waals surface area contributed by atoms with Crippen molar-refractivity contribution in [3.05, 3.63) is 22.4 Å². The van der Waals surface area contributed by atoms with Crippen molar-refractivity contribution >= 4 is 11.3 Å². The summed E-state index contributed by atoms with van der Waals surface area (Å²) in [5, 5.41) is 5.53. The Balaban J connectivity index is 1.50. The summed E-state index contributed by atoms with van der Waals surface area (Å²) in [6.07, 6.45) is 2.60. The Morgan fingerprint density at radius 3 is 2.91 bits per heavy atom. The normalized spacial score (nSPS) is 27.8. The van der Waals surface area contributed by atoms with Gasteiger partial charge in [0.15, 0.2) is 0 Å². The van der Waals surface area contributed by atoms with Crippen molar-refractivity contribution in [3.63, 3.8) is 0 Å². The van der Waals surface area contributed by atoms with Crippen LogP contribution in [0.25, 0.3) is 0 Å². The van der Waals surface area contributed by atoms with E-state index in [1.165, 1.54) is 17.7 Å². The summed E-state index contributed by atoms with van der Waals surface area (Å²) in [4.78, 5) is 6.12. The topological polar surface area (TPSA) is 18.5 Å². The van der Waals surface area contributed by atoms with E-state index in [9.17, 15) is 4.39 Å². The molecule has 0 bridgehead atoms. The monoisotopic (exact) mass is 325 g/mol. The molecule has 0 saturated carbocycles. The predicted molar refractivity (Wildman–Crippen MR) is 91.1 cm³/mol. The Hall–Kier alpha value is -0.490. The highest BCUT2D eigenvalue weighted by Crippen LogP contribution is 2.25. The number of likely N-dealkylation sites (N-methyl/N-ethyl adjacent to an activating group) is 1. The molecule has 1 N–H and O–H groups in total. The smallest absolute Gasteiger partial charge is 0.114 e. The van der Waals surface area contributed by atoms with Crippen molar-refractivity contribution in [2.45, 2.75) is 38.0 Å². The van der Waals surface area contributed by atoms with Gasteiger partial charge in [0.25, 0.3) is 0 Å². The SMILES string of the molecule is CN(CC1CCNCC1)C[C@@H]1C[C@H](F)CN1Cc1cccs1. The zero-order valence-electron chi connectivity index (χ0n) is 13.5. The number of hydrogen-bond donors (Lipinski definition) is 1. The first-order valence-corrected chi connectivity index (χ1v) is 9.38. The van der Waals surface area contributed by atoms with Gasteiger partial charge in [-0.3, -0.25) is 4.90 Å². The first-order valence-electron chi connectivity index (χ1n) is 8.50. The predicted octanol–water partition coefficient (Wildman–Crippen LogP) is 2.59. The van der Waals surface area contributed by atoms with Gasteiger partial charge in [0.05, 0.1) is 0 Å². The van der Waals surface area contributed by atoms with Gasteiger partial charge >= 0.3 is 0 Å². The molecule has 0 aromatic carbocycles. The van der Waals surface area contributed by atoms with Crippen molar-refractivity contribution in [1.82, 2.24) is 15.1 Å². The Kier molecular flexibility index (Phi) is 5.85. The summed E-state index contributed by atoms with van der Waals surface area (Å²) >= 11 is 1.78. The fourth-order valence-corrected chi connectivity index (χ4v) is 4.58. The number of likely N-dealkylation sites (tertiary alicyclic amines) is 1. The highest BCUT2D eigenvalue weighted by Gasteiger charge is 2.33. The first kappa shape index (κ1) is 16.4. The Bertz CT molecular complexity index is 433. The lowest BCUT2D eigenvalue weighted by Crippen LogP contribution is -2.41. The number of thiophene rings is 1. The van der Waals surface area contributed by atoms with Crippen LogP contribution < -0.4 is 5.32 Å². The maximum Gasteiger partial charge on any atom is 0.114 e. The van der Waals surface area contributed by atoms with Crippen LogP contribution in [0.2, 0.25) is 0 Å². The Morgan fingerprint density at radius 1 is 1.36 bits per heavy atom. The van der Waals surface area contributed by atoms with Crippen molar-refractivity contribution in [2.75, 3.05) is 39.8 Å².